The molecule has 0 amide bonds. The minimum atomic E-state index is -0.694. The Labute approximate surface area is 183 Å². The molecule has 1 heterocycles. The lowest BCUT2D eigenvalue weighted by Gasteiger charge is -2.09. The number of rotatable bonds is 6. The van der Waals surface area contributed by atoms with Crippen molar-refractivity contribution >= 4 is 17.9 Å². The van der Waals surface area contributed by atoms with Crippen molar-refractivity contribution in [3.05, 3.63) is 76.4 Å². The van der Waals surface area contributed by atoms with Gasteiger partial charge < -0.3 is 14.2 Å². The van der Waals surface area contributed by atoms with E-state index in [0.29, 0.717) is 22.6 Å². The van der Waals surface area contributed by atoms with Gasteiger partial charge in [0.25, 0.3) is 0 Å². The number of nitrogens with zero attached hydrogens (tertiary/aromatic N) is 2. The third-order valence-corrected chi connectivity index (χ3v) is 4.81. The predicted molar refractivity (Wildman–Crippen MR) is 111 cm³/mol. The Morgan fingerprint density at radius 3 is 2.03 bits per heavy atom. The zero-order valence-electron chi connectivity index (χ0n) is 18.0. The van der Waals surface area contributed by atoms with Crippen molar-refractivity contribution in [3.63, 3.8) is 0 Å². The number of carbonyl (C=O) groups is 3. The van der Waals surface area contributed by atoms with Crippen LogP contribution in [0, 0.1) is 19.7 Å². The first-order chi connectivity index (χ1) is 15.2. The van der Waals surface area contributed by atoms with Crippen molar-refractivity contribution in [3.8, 4) is 11.4 Å². The molecule has 0 aliphatic heterocycles. The summed E-state index contributed by atoms with van der Waals surface area (Å²) >= 11 is 0. The van der Waals surface area contributed by atoms with Crippen LogP contribution in [0.15, 0.2) is 42.5 Å². The van der Waals surface area contributed by atoms with Gasteiger partial charge in [-0.25, -0.2) is 18.7 Å². The monoisotopic (exact) mass is 440 g/mol. The highest BCUT2D eigenvalue weighted by atomic mass is 19.1. The van der Waals surface area contributed by atoms with E-state index in [1.165, 1.54) is 44.6 Å². The number of hydrogen-bond acceptors (Lipinski definition) is 7. The molecule has 9 heteroatoms. The maximum absolute atomic E-state index is 13.2. The number of benzene rings is 2. The molecule has 0 N–H and O–H groups in total. The van der Waals surface area contributed by atoms with Gasteiger partial charge in [0.15, 0.2) is 0 Å². The second kappa shape index (κ2) is 9.42. The summed E-state index contributed by atoms with van der Waals surface area (Å²) in [7, 11) is 2.40. The van der Waals surface area contributed by atoms with Gasteiger partial charge in [0.1, 0.15) is 11.6 Å². The number of aromatic nitrogens is 2. The first kappa shape index (κ1) is 22.7. The fourth-order valence-corrected chi connectivity index (χ4v) is 3.21. The maximum atomic E-state index is 13.2. The van der Waals surface area contributed by atoms with Crippen LogP contribution in [0.3, 0.4) is 0 Å². The molecular formula is C23H21FN2O6. The highest BCUT2D eigenvalue weighted by Gasteiger charge is 2.19. The second-order valence-corrected chi connectivity index (χ2v) is 6.92. The van der Waals surface area contributed by atoms with Crippen molar-refractivity contribution in [1.29, 1.82) is 0 Å². The molecule has 0 unspecified atom stereocenters. The van der Waals surface area contributed by atoms with Crippen LogP contribution < -0.4 is 4.74 Å². The molecule has 8 nitrogen and oxygen atoms in total. The van der Waals surface area contributed by atoms with E-state index in [1.807, 2.05) is 0 Å². The van der Waals surface area contributed by atoms with Gasteiger partial charge in [-0.3, -0.25) is 4.79 Å². The second-order valence-electron chi connectivity index (χ2n) is 6.92. The summed E-state index contributed by atoms with van der Waals surface area (Å²) in [6, 6.07) is 9.72. The molecule has 0 aliphatic rings. The van der Waals surface area contributed by atoms with E-state index in [4.69, 9.17) is 4.74 Å². The van der Waals surface area contributed by atoms with Crippen molar-refractivity contribution in [1.82, 2.24) is 9.78 Å². The van der Waals surface area contributed by atoms with E-state index in [-0.39, 0.29) is 29.1 Å². The average molecular weight is 440 g/mol. The molecular weight excluding hydrogens is 419 g/mol. The van der Waals surface area contributed by atoms with E-state index >= 15 is 0 Å². The van der Waals surface area contributed by atoms with Gasteiger partial charge in [0, 0.05) is 11.3 Å². The van der Waals surface area contributed by atoms with Crippen LogP contribution in [0.2, 0.25) is 0 Å². The van der Waals surface area contributed by atoms with E-state index in [2.05, 4.69) is 14.6 Å². The lowest BCUT2D eigenvalue weighted by atomic mass is 10.1. The zero-order chi connectivity index (χ0) is 23.4. The summed E-state index contributed by atoms with van der Waals surface area (Å²) in [5.74, 6) is -2.37. The Balaban J connectivity index is 1.85. The minimum Gasteiger partial charge on any atom is -0.465 e. The van der Waals surface area contributed by atoms with E-state index in [9.17, 15) is 18.8 Å². The Morgan fingerprint density at radius 1 is 0.938 bits per heavy atom. The Morgan fingerprint density at radius 2 is 1.50 bits per heavy atom. The van der Waals surface area contributed by atoms with Crippen LogP contribution in [-0.4, -0.2) is 41.9 Å². The van der Waals surface area contributed by atoms with Crippen molar-refractivity contribution in [2.45, 2.75) is 20.3 Å². The molecule has 32 heavy (non-hydrogen) atoms. The summed E-state index contributed by atoms with van der Waals surface area (Å²) in [5, 5.41) is 4.43. The van der Waals surface area contributed by atoms with E-state index < -0.39 is 17.9 Å². The third kappa shape index (κ3) is 4.83. The van der Waals surface area contributed by atoms with Gasteiger partial charge in [-0.2, -0.15) is 5.10 Å². The third-order valence-electron chi connectivity index (χ3n) is 4.81. The summed E-state index contributed by atoms with van der Waals surface area (Å²) in [4.78, 5) is 36.4. The molecule has 0 radical (unpaired) electrons. The van der Waals surface area contributed by atoms with E-state index in [0.717, 1.165) is 0 Å². The van der Waals surface area contributed by atoms with Crippen LogP contribution in [-0.2, 0) is 20.7 Å². The smallest absolute Gasteiger partial charge is 0.338 e. The van der Waals surface area contributed by atoms with Crippen LogP contribution >= 0.6 is 0 Å². The average Bonchev–Trinajstić information content (AvgIpc) is 3.06. The molecule has 0 fully saturated rings. The molecule has 166 valence electrons. The van der Waals surface area contributed by atoms with E-state index in [1.54, 1.807) is 30.7 Å². The van der Waals surface area contributed by atoms with Crippen LogP contribution in [0.4, 0.5) is 4.39 Å². The molecule has 0 saturated carbocycles. The number of aryl methyl sites for hydroxylation is 1. The fourth-order valence-electron chi connectivity index (χ4n) is 3.21. The number of hydrogen-bond donors (Lipinski definition) is 0. The number of ether oxygens (including phenoxy) is 3. The predicted octanol–water partition coefficient (Wildman–Crippen LogP) is 3.35. The van der Waals surface area contributed by atoms with Gasteiger partial charge >= 0.3 is 17.9 Å². The lowest BCUT2D eigenvalue weighted by Crippen LogP contribution is -2.14. The maximum Gasteiger partial charge on any atom is 0.338 e. The van der Waals surface area contributed by atoms with Crippen molar-refractivity contribution in [2.75, 3.05) is 14.2 Å². The molecule has 2 aromatic carbocycles. The Bertz CT molecular complexity index is 1150. The number of carbonyl (C=O) groups excluding carboxylic acids is 3. The number of halogens is 1. The summed E-state index contributed by atoms with van der Waals surface area (Å²) in [6.45, 7) is 3.54. The standard InChI is InChI=1S/C23H21FN2O6/c1-13-20(14(2)26(25-13)18-7-5-17(24)6-8-18)12-21(27)32-19-10-15(22(28)30-3)9-16(11-19)23(29)31-4/h5-11H,12H2,1-4H3. The lowest BCUT2D eigenvalue weighted by molar-refractivity contribution is -0.133. The minimum absolute atomic E-state index is 0.000433. The molecule has 0 atom stereocenters. The molecule has 1 aromatic heterocycles. The molecule has 0 aliphatic carbocycles. The number of esters is 3. The quantitative estimate of drug-likeness (QED) is 0.428. The van der Waals surface area contributed by atoms with Crippen molar-refractivity contribution in [2.24, 2.45) is 0 Å². The van der Waals surface area contributed by atoms with Crippen LogP contribution in [0.25, 0.3) is 5.69 Å². The molecule has 3 rings (SSSR count). The topological polar surface area (TPSA) is 96.7 Å². The Hall–Kier alpha value is -4.01. The fraction of sp³-hybridized carbons (Fsp3) is 0.217. The van der Waals surface area contributed by atoms with Gasteiger partial charge in [0.05, 0.1) is 43.1 Å². The van der Waals surface area contributed by atoms with Crippen LogP contribution in [0.1, 0.15) is 37.7 Å². The summed E-state index contributed by atoms with van der Waals surface area (Å²) < 4.78 is 29.6. The highest BCUT2D eigenvalue weighted by Crippen LogP contribution is 2.22. The largest absolute Gasteiger partial charge is 0.465 e. The van der Waals surface area contributed by atoms with Gasteiger partial charge in [-0.15, -0.1) is 0 Å². The first-order valence-electron chi connectivity index (χ1n) is 9.57. The molecule has 0 spiro atoms. The SMILES string of the molecule is COC(=O)c1cc(OC(=O)Cc2c(C)nn(-c3ccc(F)cc3)c2C)cc(C(=O)OC)c1. The Kier molecular flexibility index (Phi) is 6.67. The molecule has 0 saturated heterocycles. The van der Waals surface area contributed by atoms with Gasteiger partial charge in [0.2, 0.25) is 0 Å². The normalized spacial score (nSPS) is 10.5. The first-order valence-corrected chi connectivity index (χ1v) is 9.57. The molecule has 0 bridgehead atoms. The van der Waals surface area contributed by atoms with Gasteiger partial charge in [-0.1, -0.05) is 0 Å². The summed E-state index contributed by atoms with van der Waals surface area (Å²) in [6.07, 6.45) is -0.102. The van der Waals surface area contributed by atoms with Crippen LogP contribution in [0.5, 0.6) is 5.75 Å². The molecule has 3 aromatic rings. The van der Waals surface area contributed by atoms with Crippen molar-refractivity contribution < 1.29 is 33.0 Å². The number of methoxy groups -OCH3 is 2. The summed E-state index contributed by atoms with van der Waals surface area (Å²) in [5.41, 5.74) is 2.69. The highest BCUT2D eigenvalue weighted by molar-refractivity contribution is 5.96. The van der Waals surface area contributed by atoms with Gasteiger partial charge in [-0.05, 0) is 56.3 Å². The zero-order valence-corrected chi connectivity index (χ0v) is 18.0.